The fraction of sp³-hybridized carbons (Fsp3) is 0.421. The Balaban J connectivity index is 2.26. The SMILES string of the molecule is C=CCn1c(SCC(=O)NCC)nnc1-c1ccc(C(C)(C)C)cc1. The molecule has 1 aromatic heterocycles. The molecule has 1 amide bonds. The predicted octanol–water partition coefficient (Wildman–Crippen LogP) is 3.66. The molecule has 0 radical (unpaired) electrons. The highest BCUT2D eigenvalue weighted by molar-refractivity contribution is 7.99. The van der Waals surface area contributed by atoms with Crippen molar-refractivity contribution in [3.63, 3.8) is 0 Å². The van der Waals surface area contributed by atoms with Crippen LogP contribution in [0.2, 0.25) is 0 Å². The molecular formula is C19H26N4OS. The lowest BCUT2D eigenvalue weighted by Crippen LogP contribution is -2.24. The zero-order valence-electron chi connectivity index (χ0n) is 15.4. The molecule has 1 N–H and O–H groups in total. The third kappa shape index (κ3) is 4.95. The molecule has 2 rings (SSSR count). The summed E-state index contributed by atoms with van der Waals surface area (Å²) in [5.74, 6) is 1.11. The number of nitrogens with zero attached hydrogens (tertiary/aromatic N) is 3. The molecular weight excluding hydrogens is 332 g/mol. The van der Waals surface area contributed by atoms with Gasteiger partial charge in [0.1, 0.15) is 0 Å². The number of hydrogen-bond acceptors (Lipinski definition) is 4. The van der Waals surface area contributed by atoms with Crippen molar-refractivity contribution in [1.29, 1.82) is 0 Å². The fourth-order valence-corrected chi connectivity index (χ4v) is 3.18. The highest BCUT2D eigenvalue weighted by Crippen LogP contribution is 2.27. The molecule has 0 bridgehead atoms. The van der Waals surface area contributed by atoms with Crippen LogP contribution < -0.4 is 5.32 Å². The zero-order chi connectivity index (χ0) is 18.4. The van der Waals surface area contributed by atoms with E-state index in [1.54, 1.807) is 0 Å². The summed E-state index contributed by atoms with van der Waals surface area (Å²) in [4.78, 5) is 11.7. The van der Waals surface area contributed by atoms with E-state index in [9.17, 15) is 4.79 Å². The lowest BCUT2D eigenvalue weighted by molar-refractivity contribution is -0.118. The first-order chi connectivity index (χ1) is 11.9. The standard InChI is InChI=1S/C19H26N4OS/c1-6-12-23-17(14-8-10-15(11-9-14)19(3,4)5)21-22-18(23)25-13-16(24)20-7-2/h6,8-11H,1,7,12-13H2,2-5H3,(H,20,24). The third-order valence-corrected chi connectivity index (χ3v) is 4.71. The van der Waals surface area contributed by atoms with E-state index in [1.165, 1.54) is 17.3 Å². The van der Waals surface area contributed by atoms with Gasteiger partial charge in [-0.2, -0.15) is 0 Å². The Bertz CT molecular complexity index is 729. The van der Waals surface area contributed by atoms with Gasteiger partial charge in [0, 0.05) is 18.7 Å². The quantitative estimate of drug-likeness (QED) is 0.606. The van der Waals surface area contributed by atoms with Crippen molar-refractivity contribution in [3.05, 3.63) is 42.5 Å². The molecule has 1 heterocycles. The van der Waals surface area contributed by atoms with Gasteiger partial charge in [0.25, 0.3) is 0 Å². The van der Waals surface area contributed by atoms with Crippen LogP contribution in [0, 0.1) is 0 Å². The smallest absolute Gasteiger partial charge is 0.230 e. The Morgan fingerprint density at radius 1 is 1.28 bits per heavy atom. The van der Waals surface area contributed by atoms with E-state index < -0.39 is 0 Å². The van der Waals surface area contributed by atoms with Crippen LogP contribution in [0.1, 0.15) is 33.3 Å². The third-order valence-electron chi connectivity index (χ3n) is 3.74. The normalized spacial score (nSPS) is 11.4. The van der Waals surface area contributed by atoms with E-state index in [2.05, 4.69) is 67.1 Å². The van der Waals surface area contributed by atoms with Crippen molar-refractivity contribution in [2.75, 3.05) is 12.3 Å². The van der Waals surface area contributed by atoms with Crippen molar-refractivity contribution in [2.45, 2.75) is 44.8 Å². The maximum atomic E-state index is 11.7. The van der Waals surface area contributed by atoms with Crippen molar-refractivity contribution in [2.24, 2.45) is 0 Å². The molecule has 6 heteroatoms. The second-order valence-electron chi connectivity index (χ2n) is 6.77. The topological polar surface area (TPSA) is 59.8 Å². The number of carbonyl (C=O) groups excluding carboxylic acids is 1. The average Bonchev–Trinajstić information content (AvgIpc) is 2.96. The largest absolute Gasteiger partial charge is 0.356 e. The maximum Gasteiger partial charge on any atom is 0.230 e. The molecule has 0 fully saturated rings. The monoisotopic (exact) mass is 358 g/mol. The van der Waals surface area contributed by atoms with E-state index in [0.29, 0.717) is 18.8 Å². The fourth-order valence-electron chi connectivity index (χ4n) is 2.40. The Hall–Kier alpha value is -2.08. The summed E-state index contributed by atoms with van der Waals surface area (Å²) in [6, 6.07) is 8.40. The summed E-state index contributed by atoms with van der Waals surface area (Å²) >= 11 is 1.39. The summed E-state index contributed by atoms with van der Waals surface area (Å²) in [5.41, 5.74) is 2.39. The average molecular weight is 359 g/mol. The first-order valence-electron chi connectivity index (χ1n) is 8.41. The number of hydrogen-bond donors (Lipinski definition) is 1. The number of thioether (sulfide) groups is 1. The molecule has 25 heavy (non-hydrogen) atoms. The van der Waals surface area contributed by atoms with Crippen LogP contribution in [0.5, 0.6) is 0 Å². The molecule has 0 aliphatic carbocycles. The van der Waals surface area contributed by atoms with Gasteiger partial charge in [-0.1, -0.05) is 62.9 Å². The highest BCUT2D eigenvalue weighted by Gasteiger charge is 2.17. The zero-order valence-corrected chi connectivity index (χ0v) is 16.2. The summed E-state index contributed by atoms with van der Waals surface area (Å²) in [7, 11) is 0. The van der Waals surface area contributed by atoms with Gasteiger partial charge in [0.2, 0.25) is 5.91 Å². The Kier molecular flexibility index (Phi) is 6.42. The number of benzene rings is 1. The van der Waals surface area contributed by atoms with E-state index in [-0.39, 0.29) is 11.3 Å². The lowest BCUT2D eigenvalue weighted by atomic mass is 9.87. The Labute approximate surface area is 153 Å². The van der Waals surface area contributed by atoms with E-state index in [4.69, 9.17) is 0 Å². The highest BCUT2D eigenvalue weighted by atomic mass is 32.2. The van der Waals surface area contributed by atoms with Crippen LogP contribution in [-0.2, 0) is 16.8 Å². The van der Waals surface area contributed by atoms with Crippen LogP contribution in [0.3, 0.4) is 0 Å². The molecule has 0 saturated carbocycles. The number of amides is 1. The molecule has 134 valence electrons. The van der Waals surface area contributed by atoms with Gasteiger partial charge in [-0.05, 0) is 17.9 Å². The van der Waals surface area contributed by atoms with E-state index in [0.717, 1.165) is 16.5 Å². The second-order valence-corrected chi connectivity index (χ2v) is 7.72. The van der Waals surface area contributed by atoms with Crippen LogP contribution in [0.15, 0.2) is 42.1 Å². The number of carbonyl (C=O) groups is 1. The molecule has 5 nitrogen and oxygen atoms in total. The molecule has 0 unspecified atom stereocenters. The Morgan fingerprint density at radius 3 is 2.52 bits per heavy atom. The van der Waals surface area contributed by atoms with E-state index in [1.807, 2.05) is 17.6 Å². The summed E-state index contributed by atoms with van der Waals surface area (Å²) in [5, 5.41) is 12.1. The lowest BCUT2D eigenvalue weighted by Gasteiger charge is -2.19. The molecule has 0 aliphatic rings. The van der Waals surface area contributed by atoms with Gasteiger partial charge in [0.05, 0.1) is 5.75 Å². The molecule has 0 aliphatic heterocycles. The van der Waals surface area contributed by atoms with Crippen LogP contribution in [0.25, 0.3) is 11.4 Å². The molecule has 0 atom stereocenters. The van der Waals surface area contributed by atoms with Crippen molar-refractivity contribution in [1.82, 2.24) is 20.1 Å². The minimum Gasteiger partial charge on any atom is -0.356 e. The van der Waals surface area contributed by atoms with Gasteiger partial charge in [-0.25, -0.2) is 0 Å². The maximum absolute atomic E-state index is 11.7. The van der Waals surface area contributed by atoms with Crippen LogP contribution in [-0.4, -0.2) is 33.0 Å². The van der Waals surface area contributed by atoms with Gasteiger partial charge in [0.15, 0.2) is 11.0 Å². The summed E-state index contributed by atoms with van der Waals surface area (Å²) in [6.07, 6.45) is 1.81. The van der Waals surface area contributed by atoms with Crippen molar-refractivity contribution in [3.8, 4) is 11.4 Å². The number of allylic oxidation sites excluding steroid dienone is 1. The van der Waals surface area contributed by atoms with Crippen LogP contribution in [0.4, 0.5) is 0 Å². The Morgan fingerprint density at radius 2 is 1.96 bits per heavy atom. The summed E-state index contributed by atoms with van der Waals surface area (Å²) in [6.45, 7) is 13.5. The minimum atomic E-state index is -0.00302. The van der Waals surface area contributed by atoms with E-state index >= 15 is 0 Å². The van der Waals surface area contributed by atoms with Crippen molar-refractivity contribution >= 4 is 17.7 Å². The first-order valence-corrected chi connectivity index (χ1v) is 9.40. The van der Waals surface area contributed by atoms with Gasteiger partial charge >= 0.3 is 0 Å². The number of aromatic nitrogens is 3. The van der Waals surface area contributed by atoms with Gasteiger partial charge in [-0.3, -0.25) is 9.36 Å². The second kappa shape index (κ2) is 8.34. The van der Waals surface area contributed by atoms with Gasteiger partial charge in [-0.15, -0.1) is 16.8 Å². The number of rotatable bonds is 7. The molecule has 0 spiro atoms. The first kappa shape index (κ1) is 19.2. The molecule has 0 saturated heterocycles. The number of nitrogens with one attached hydrogen (secondary N) is 1. The van der Waals surface area contributed by atoms with Crippen molar-refractivity contribution < 1.29 is 4.79 Å². The van der Waals surface area contributed by atoms with Crippen LogP contribution >= 0.6 is 11.8 Å². The molecule has 2 aromatic rings. The summed E-state index contributed by atoms with van der Waals surface area (Å²) < 4.78 is 1.99. The van der Waals surface area contributed by atoms with Gasteiger partial charge < -0.3 is 5.32 Å². The molecule has 1 aromatic carbocycles. The minimum absolute atomic E-state index is 0.00302. The predicted molar refractivity (Wildman–Crippen MR) is 104 cm³/mol.